The van der Waals surface area contributed by atoms with Gasteiger partial charge in [0, 0.05) is 24.5 Å². The van der Waals surface area contributed by atoms with E-state index in [9.17, 15) is 0 Å². The third-order valence-electron chi connectivity index (χ3n) is 2.72. The highest BCUT2D eigenvalue weighted by Gasteiger charge is 1.98. The number of rotatable bonds is 4. The average Bonchev–Trinajstić information content (AvgIpc) is 2.52. The third-order valence-corrected chi connectivity index (χ3v) is 2.95. The third kappa shape index (κ3) is 4.44. The van der Waals surface area contributed by atoms with Gasteiger partial charge in [-0.25, -0.2) is 0 Å². The van der Waals surface area contributed by atoms with Crippen molar-refractivity contribution >= 4 is 23.0 Å². The van der Waals surface area contributed by atoms with E-state index in [2.05, 4.69) is 20.8 Å². The Morgan fingerprint density at radius 2 is 1.85 bits per heavy atom. The first-order valence-electron chi connectivity index (χ1n) is 6.28. The summed E-state index contributed by atoms with van der Waals surface area (Å²) in [5.74, 6) is 0. The van der Waals surface area contributed by atoms with Gasteiger partial charge in [-0.3, -0.25) is 10.4 Å². The smallest absolute Gasteiger partial charge is 0.187 e. The molecular weight excluding hydrogens is 268 g/mol. The minimum atomic E-state index is 0.502. The number of benzene rings is 1. The van der Waals surface area contributed by atoms with Gasteiger partial charge in [-0.2, -0.15) is 5.10 Å². The summed E-state index contributed by atoms with van der Waals surface area (Å²) in [5.41, 5.74) is 5.88. The molecule has 0 radical (unpaired) electrons. The van der Waals surface area contributed by atoms with Crippen LogP contribution in [0.1, 0.15) is 18.1 Å². The first kappa shape index (κ1) is 14.1. The molecule has 0 amide bonds. The molecule has 0 bridgehead atoms. The van der Waals surface area contributed by atoms with Gasteiger partial charge in [-0.15, -0.1) is 0 Å². The molecule has 0 aliphatic heterocycles. The summed E-state index contributed by atoms with van der Waals surface area (Å²) in [7, 11) is 0. The van der Waals surface area contributed by atoms with Gasteiger partial charge >= 0.3 is 0 Å². The molecule has 2 N–H and O–H groups in total. The maximum atomic E-state index is 5.18. The second-order valence-corrected chi connectivity index (χ2v) is 4.62. The summed E-state index contributed by atoms with van der Waals surface area (Å²) in [4.78, 5) is 3.97. The summed E-state index contributed by atoms with van der Waals surface area (Å²) >= 11 is 5.18. The van der Waals surface area contributed by atoms with E-state index >= 15 is 0 Å². The normalized spacial score (nSPS) is 10.9. The Kier molecular flexibility index (Phi) is 5.20. The molecule has 0 saturated carbocycles. The summed E-state index contributed by atoms with van der Waals surface area (Å²) in [6, 6.07) is 13.9. The lowest BCUT2D eigenvalue weighted by Crippen LogP contribution is -2.32. The predicted molar refractivity (Wildman–Crippen MR) is 85.5 cm³/mol. The van der Waals surface area contributed by atoms with Crippen LogP contribution in [0.3, 0.4) is 0 Å². The van der Waals surface area contributed by atoms with E-state index in [0.717, 1.165) is 11.3 Å². The maximum absolute atomic E-state index is 5.18. The largest absolute Gasteiger partial charge is 0.357 e. The van der Waals surface area contributed by atoms with Gasteiger partial charge in [-0.05, 0) is 36.8 Å². The van der Waals surface area contributed by atoms with Crippen molar-refractivity contribution < 1.29 is 0 Å². The molecular formula is C15H16N4S. The molecule has 0 fully saturated rings. The van der Waals surface area contributed by atoms with Gasteiger partial charge in [0.2, 0.25) is 0 Å². The Bertz CT molecular complexity index is 581. The quantitative estimate of drug-likeness (QED) is 0.514. The number of hydrogen-bond donors (Lipinski definition) is 2. The lowest BCUT2D eigenvalue weighted by molar-refractivity contribution is 0.866. The van der Waals surface area contributed by atoms with Crippen LogP contribution in [0.25, 0.3) is 0 Å². The summed E-state index contributed by atoms with van der Waals surface area (Å²) in [6.07, 6.45) is 3.47. The molecule has 2 rings (SSSR count). The van der Waals surface area contributed by atoms with Crippen LogP contribution in [0.5, 0.6) is 0 Å². The molecule has 0 saturated heterocycles. The minimum Gasteiger partial charge on any atom is -0.357 e. The maximum Gasteiger partial charge on any atom is 0.187 e. The Morgan fingerprint density at radius 1 is 1.15 bits per heavy atom. The fourth-order valence-corrected chi connectivity index (χ4v) is 1.73. The Hall–Kier alpha value is -2.27. The van der Waals surface area contributed by atoms with E-state index in [4.69, 9.17) is 12.2 Å². The van der Waals surface area contributed by atoms with E-state index in [1.165, 1.54) is 5.56 Å². The molecule has 2 aromatic rings. The van der Waals surface area contributed by atoms with Crippen molar-refractivity contribution in [1.29, 1.82) is 0 Å². The summed E-state index contributed by atoms with van der Waals surface area (Å²) in [5, 5.41) is 7.85. The van der Waals surface area contributed by atoms with Crippen LogP contribution < -0.4 is 10.7 Å². The number of aromatic nitrogens is 1. The number of pyridine rings is 1. The topological polar surface area (TPSA) is 49.3 Å². The molecule has 5 heteroatoms. The molecule has 1 aromatic carbocycles. The molecule has 0 aliphatic carbocycles. The first-order chi connectivity index (χ1) is 9.75. The SMILES string of the molecule is CC(=NNC(=S)NCc1ccccc1)c1ccncc1. The molecule has 1 heterocycles. The zero-order valence-corrected chi connectivity index (χ0v) is 12.0. The van der Waals surface area contributed by atoms with E-state index in [-0.39, 0.29) is 0 Å². The Morgan fingerprint density at radius 3 is 2.55 bits per heavy atom. The minimum absolute atomic E-state index is 0.502. The van der Waals surface area contributed by atoms with E-state index in [0.29, 0.717) is 11.7 Å². The Balaban J connectivity index is 1.83. The molecule has 4 nitrogen and oxygen atoms in total. The van der Waals surface area contributed by atoms with Gasteiger partial charge in [0.25, 0.3) is 0 Å². The first-order valence-corrected chi connectivity index (χ1v) is 6.69. The summed E-state index contributed by atoms with van der Waals surface area (Å²) in [6.45, 7) is 2.60. The van der Waals surface area contributed by atoms with Crippen LogP contribution in [0.4, 0.5) is 0 Å². The zero-order valence-electron chi connectivity index (χ0n) is 11.2. The van der Waals surface area contributed by atoms with Gasteiger partial charge in [-0.1, -0.05) is 30.3 Å². The van der Waals surface area contributed by atoms with E-state index in [1.54, 1.807) is 12.4 Å². The highest BCUT2D eigenvalue weighted by Crippen LogP contribution is 1.98. The van der Waals surface area contributed by atoms with Gasteiger partial charge in [0.1, 0.15) is 0 Å². The number of nitrogens with zero attached hydrogens (tertiary/aromatic N) is 2. The molecule has 102 valence electrons. The van der Waals surface area contributed by atoms with Gasteiger partial charge in [0.05, 0.1) is 5.71 Å². The molecule has 0 atom stereocenters. The lowest BCUT2D eigenvalue weighted by Gasteiger charge is -2.08. The van der Waals surface area contributed by atoms with Crippen molar-refractivity contribution in [2.45, 2.75) is 13.5 Å². The van der Waals surface area contributed by atoms with E-state index in [1.807, 2.05) is 49.4 Å². The van der Waals surface area contributed by atoms with Crippen LogP contribution in [0, 0.1) is 0 Å². The zero-order chi connectivity index (χ0) is 14.2. The molecule has 0 spiro atoms. The van der Waals surface area contributed by atoms with Gasteiger partial charge < -0.3 is 5.32 Å². The lowest BCUT2D eigenvalue weighted by atomic mass is 10.2. The number of hydrogen-bond acceptors (Lipinski definition) is 3. The van der Waals surface area contributed by atoms with Crippen LogP contribution in [-0.2, 0) is 6.54 Å². The molecule has 0 unspecified atom stereocenters. The Labute approximate surface area is 123 Å². The molecule has 1 aromatic heterocycles. The molecule has 20 heavy (non-hydrogen) atoms. The second kappa shape index (κ2) is 7.35. The van der Waals surface area contributed by atoms with Crippen molar-refractivity contribution in [1.82, 2.24) is 15.7 Å². The summed E-state index contributed by atoms with van der Waals surface area (Å²) < 4.78 is 0. The van der Waals surface area contributed by atoms with Crippen molar-refractivity contribution in [2.24, 2.45) is 5.10 Å². The van der Waals surface area contributed by atoms with Crippen LogP contribution >= 0.6 is 12.2 Å². The van der Waals surface area contributed by atoms with Crippen molar-refractivity contribution in [3.63, 3.8) is 0 Å². The number of nitrogens with one attached hydrogen (secondary N) is 2. The van der Waals surface area contributed by atoms with Crippen molar-refractivity contribution in [3.05, 3.63) is 66.0 Å². The predicted octanol–water partition coefficient (Wildman–Crippen LogP) is 2.47. The van der Waals surface area contributed by atoms with Crippen molar-refractivity contribution in [3.8, 4) is 0 Å². The standard InChI is InChI=1S/C15H16N4S/c1-12(14-7-9-16-10-8-14)18-19-15(20)17-11-13-5-3-2-4-6-13/h2-10H,11H2,1H3,(H2,17,19,20). The monoisotopic (exact) mass is 284 g/mol. The van der Waals surface area contributed by atoms with Crippen LogP contribution in [0.15, 0.2) is 60.0 Å². The molecule has 0 aliphatic rings. The number of thiocarbonyl (C=S) groups is 1. The van der Waals surface area contributed by atoms with E-state index < -0.39 is 0 Å². The van der Waals surface area contributed by atoms with Crippen LogP contribution in [0.2, 0.25) is 0 Å². The van der Waals surface area contributed by atoms with Crippen LogP contribution in [-0.4, -0.2) is 15.8 Å². The highest BCUT2D eigenvalue weighted by atomic mass is 32.1. The average molecular weight is 284 g/mol. The fraction of sp³-hybridized carbons (Fsp3) is 0.133. The number of hydrazone groups is 1. The van der Waals surface area contributed by atoms with Crippen molar-refractivity contribution in [2.75, 3.05) is 0 Å². The highest BCUT2D eigenvalue weighted by molar-refractivity contribution is 7.80. The second-order valence-electron chi connectivity index (χ2n) is 4.21. The fourth-order valence-electron chi connectivity index (χ4n) is 1.61. The van der Waals surface area contributed by atoms with Gasteiger partial charge in [0.15, 0.2) is 5.11 Å².